The van der Waals surface area contributed by atoms with E-state index in [1.165, 1.54) is 0 Å². The van der Waals surface area contributed by atoms with Gasteiger partial charge in [0.1, 0.15) is 17.6 Å². The second kappa shape index (κ2) is 7.99. The molecule has 3 aromatic heterocycles. The lowest BCUT2D eigenvalue weighted by molar-refractivity contribution is -0.117. The molecule has 1 aliphatic carbocycles. The van der Waals surface area contributed by atoms with Crippen molar-refractivity contribution in [3.8, 4) is 17.3 Å². The minimum absolute atomic E-state index is 0.00417. The third-order valence-electron chi connectivity index (χ3n) is 5.14. The van der Waals surface area contributed by atoms with Crippen LogP contribution in [0.2, 0.25) is 0 Å². The highest BCUT2D eigenvalue weighted by Gasteiger charge is 2.29. The van der Waals surface area contributed by atoms with Crippen molar-refractivity contribution in [1.82, 2.24) is 15.0 Å². The maximum Gasteiger partial charge on any atom is 0.228 e. The Labute approximate surface area is 174 Å². The fourth-order valence-corrected chi connectivity index (χ4v) is 3.39. The maximum atomic E-state index is 12.2. The summed E-state index contributed by atoms with van der Waals surface area (Å²) in [6.45, 7) is 3.78. The van der Waals surface area contributed by atoms with Crippen LogP contribution in [0.5, 0.6) is 0 Å². The van der Waals surface area contributed by atoms with Crippen LogP contribution >= 0.6 is 0 Å². The van der Waals surface area contributed by atoms with Gasteiger partial charge in [0.25, 0.3) is 0 Å². The molecule has 7 nitrogen and oxygen atoms in total. The molecule has 0 saturated heterocycles. The summed E-state index contributed by atoms with van der Waals surface area (Å²) in [5.41, 5.74) is 2.47. The number of rotatable bonds is 6. The number of carbonyl (C=O) groups excluding carboxylic acids is 2. The molecular weight excluding hydrogens is 378 g/mol. The van der Waals surface area contributed by atoms with Crippen LogP contribution in [-0.2, 0) is 4.79 Å². The molecule has 3 heterocycles. The molecule has 0 atom stereocenters. The standard InChI is InChI=1S/C23H21N5O2/c1-3-4-20(29)17-7-13(2)22(19(10-24)27-17)18-8-15-12-26-21(9-16(15)11-25-18)28-23(30)14-5-6-14/h7-9,11-12,14H,3-6H2,1-2H3,(H,26,28,30). The normalized spacial score (nSPS) is 13.1. The van der Waals surface area contributed by atoms with Gasteiger partial charge in [-0.2, -0.15) is 5.26 Å². The zero-order chi connectivity index (χ0) is 21.3. The first kappa shape index (κ1) is 19.6. The number of pyridine rings is 3. The predicted octanol–water partition coefficient (Wildman–Crippen LogP) is 4.20. The SMILES string of the molecule is CCCC(=O)c1cc(C)c(-c2cc3cnc(NC(=O)C4CC4)cc3cn2)c(C#N)n1. The zero-order valence-electron chi connectivity index (χ0n) is 16.9. The number of fused-ring (bicyclic) bond motifs is 1. The van der Waals surface area contributed by atoms with Crippen LogP contribution < -0.4 is 5.32 Å². The van der Waals surface area contributed by atoms with Gasteiger partial charge >= 0.3 is 0 Å². The Balaban J connectivity index is 1.69. The van der Waals surface area contributed by atoms with E-state index in [0.29, 0.717) is 29.2 Å². The molecule has 0 radical (unpaired) electrons. The predicted molar refractivity (Wildman–Crippen MR) is 113 cm³/mol. The van der Waals surface area contributed by atoms with Crippen LogP contribution in [0.4, 0.5) is 5.82 Å². The molecule has 1 saturated carbocycles. The number of nitriles is 1. The van der Waals surface area contributed by atoms with E-state index >= 15 is 0 Å². The van der Waals surface area contributed by atoms with E-state index in [4.69, 9.17) is 0 Å². The van der Waals surface area contributed by atoms with Gasteiger partial charge in [-0.3, -0.25) is 14.6 Å². The number of amides is 1. The van der Waals surface area contributed by atoms with Crippen LogP contribution in [0, 0.1) is 24.2 Å². The minimum atomic E-state index is -0.0694. The molecule has 1 aliphatic rings. The molecule has 1 fully saturated rings. The highest BCUT2D eigenvalue weighted by atomic mass is 16.2. The number of hydrogen-bond donors (Lipinski definition) is 1. The first-order valence-corrected chi connectivity index (χ1v) is 10.0. The summed E-state index contributed by atoms with van der Waals surface area (Å²) in [4.78, 5) is 37.3. The second-order valence-electron chi connectivity index (χ2n) is 7.58. The van der Waals surface area contributed by atoms with Gasteiger partial charge < -0.3 is 5.32 Å². The maximum absolute atomic E-state index is 12.2. The number of carbonyl (C=O) groups is 2. The van der Waals surface area contributed by atoms with Gasteiger partial charge in [0, 0.05) is 41.1 Å². The number of ketones is 1. The third-order valence-corrected chi connectivity index (χ3v) is 5.14. The van der Waals surface area contributed by atoms with Gasteiger partial charge in [0.2, 0.25) is 5.91 Å². The van der Waals surface area contributed by atoms with E-state index in [-0.39, 0.29) is 23.3 Å². The Bertz CT molecular complexity index is 1210. The second-order valence-corrected chi connectivity index (χ2v) is 7.58. The summed E-state index contributed by atoms with van der Waals surface area (Å²) in [5.74, 6) is 0.544. The average Bonchev–Trinajstić information content (AvgIpc) is 3.58. The van der Waals surface area contributed by atoms with Crippen molar-refractivity contribution in [1.29, 1.82) is 5.26 Å². The van der Waals surface area contributed by atoms with Gasteiger partial charge in [0.05, 0.1) is 5.69 Å². The molecule has 0 aromatic carbocycles. The molecule has 150 valence electrons. The average molecular weight is 399 g/mol. The van der Waals surface area contributed by atoms with E-state index in [2.05, 4.69) is 26.3 Å². The number of aromatic nitrogens is 3. The quantitative estimate of drug-likeness (QED) is 0.622. The Morgan fingerprint density at radius 3 is 2.60 bits per heavy atom. The van der Waals surface area contributed by atoms with Crippen molar-refractivity contribution in [2.75, 3.05) is 5.32 Å². The lowest BCUT2D eigenvalue weighted by atomic mass is 10.00. The highest BCUT2D eigenvalue weighted by Crippen LogP contribution is 2.31. The van der Waals surface area contributed by atoms with Crippen molar-refractivity contribution in [2.24, 2.45) is 5.92 Å². The van der Waals surface area contributed by atoms with Gasteiger partial charge in [-0.1, -0.05) is 6.92 Å². The van der Waals surface area contributed by atoms with Crippen LogP contribution in [0.3, 0.4) is 0 Å². The van der Waals surface area contributed by atoms with Crippen molar-refractivity contribution in [3.05, 3.63) is 47.5 Å². The Hall–Kier alpha value is -3.66. The molecule has 0 spiro atoms. The Morgan fingerprint density at radius 2 is 1.90 bits per heavy atom. The minimum Gasteiger partial charge on any atom is -0.310 e. The number of Topliss-reactive ketones (excluding diaryl/α,β-unsaturated/α-hetero) is 1. The molecule has 1 N–H and O–H groups in total. The van der Waals surface area contributed by atoms with Crippen molar-refractivity contribution in [3.63, 3.8) is 0 Å². The summed E-state index contributed by atoms with van der Waals surface area (Å²) in [5, 5.41) is 14.1. The molecule has 30 heavy (non-hydrogen) atoms. The summed E-state index contributed by atoms with van der Waals surface area (Å²) >= 11 is 0. The lowest BCUT2D eigenvalue weighted by Gasteiger charge is -2.11. The fourth-order valence-electron chi connectivity index (χ4n) is 3.39. The summed E-state index contributed by atoms with van der Waals surface area (Å²) < 4.78 is 0. The van der Waals surface area contributed by atoms with Gasteiger partial charge in [0.15, 0.2) is 11.5 Å². The Kier molecular flexibility index (Phi) is 5.23. The first-order chi connectivity index (χ1) is 14.5. The van der Waals surface area contributed by atoms with Crippen LogP contribution in [0.1, 0.15) is 54.4 Å². The molecular formula is C23H21N5O2. The van der Waals surface area contributed by atoms with Crippen LogP contribution in [-0.4, -0.2) is 26.6 Å². The van der Waals surface area contributed by atoms with Crippen molar-refractivity contribution < 1.29 is 9.59 Å². The van der Waals surface area contributed by atoms with Crippen LogP contribution in [0.15, 0.2) is 30.6 Å². The highest BCUT2D eigenvalue weighted by molar-refractivity contribution is 5.96. The van der Waals surface area contributed by atoms with E-state index in [9.17, 15) is 14.9 Å². The fraction of sp³-hybridized carbons (Fsp3) is 0.304. The van der Waals surface area contributed by atoms with Crippen molar-refractivity contribution >= 4 is 28.3 Å². The summed E-state index contributed by atoms with van der Waals surface area (Å²) in [6, 6.07) is 7.45. The largest absolute Gasteiger partial charge is 0.310 e. The number of nitrogens with zero attached hydrogens (tertiary/aromatic N) is 4. The van der Waals surface area contributed by atoms with E-state index in [0.717, 1.165) is 35.6 Å². The number of hydrogen-bond acceptors (Lipinski definition) is 6. The monoisotopic (exact) mass is 399 g/mol. The zero-order valence-corrected chi connectivity index (χ0v) is 16.9. The smallest absolute Gasteiger partial charge is 0.228 e. The summed E-state index contributed by atoms with van der Waals surface area (Å²) in [7, 11) is 0. The van der Waals surface area contributed by atoms with Crippen LogP contribution in [0.25, 0.3) is 22.0 Å². The van der Waals surface area contributed by atoms with Gasteiger partial charge in [-0.15, -0.1) is 0 Å². The van der Waals surface area contributed by atoms with Gasteiger partial charge in [-0.05, 0) is 49.9 Å². The number of anilines is 1. The molecule has 1 amide bonds. The molecule has 0 bridgehead atoms. The molecule has 4 rings (SSSR count). The third kappa shape index (κ3) is 3.90. The molecule has 3 aromatic rings. The van der Waals surface area contributed by atoms with Gasteiger partial charge in [-0.25, -0.2) is 9.97 Å². The van der Waals surface area contributed by atoms with E-state index in [1.807, 2.05) is 19.9 Å². The van der Waals surface area contributed by atoms with E-state index < -0.39 is 0 Å². The van der Waals surface area contributed by atoms with Crippen molar-refractivity contribution in [2.45, 2.75) is 39.5 Å². The van der Waals surface area contributed by atoms with E-state index in [1.54, 1.807) is 24.5 Å². The number of aryl methyl sites for hydroxylation is 1. The molecule has 0 unspecified atom stereocenters. The summed E-state index contributed by atoms with van der Waals surface area (Å²) in [6.07, 6.45) is 6.36. The Morgan fingerprint density at radius 1 is 1.17 bits per heavy atom. The first-order valence-electron chi connectivity index (χ1n) is 10.0. The molecule has 0 aliphatic heterocycles. The number of nitrogens with one attached hydrogen (secondary N) is 1. The lowest BCUT2D eigenvalue weighted by Crippen LogP contribution is -2.14. The topological polar surface area (TPSA) is 109 Å². The molecule has 7 heteroatoms.